The van der Waals surface area contributed by atoms with Crippen LogP contribution in [0.2, 0.25) is 0 Å². The Balaban J connectivity index is -0.000000105. The fourth-order valence-electron chi connectivity index (χ4n) is 0.760. The van der Waals surface area contributed by atoms with Crippen molar-refractivity contribution in [3.63, 3.8) is 0 Å². The van der Waals surface area contributed by atoms with Crippen LogP contribution in [0.4, 0.5) is 0 Å². The van der Waals surface area contributed by atoms with Gasteiger partial charge in [0.05, 0.1) is 19.8 Å². The number of aliphatic hydroxyl groups excluding tert-OH is 3. The van der Waals surface area contributed by atoms with E-state index < -0.39 is 7.82 Å². The molecule has 0 saturated carbocycles. The topological polar surface area (TPSA) is 142 Å². The van der Waals surface area contributed by atoms with Crippen LogP contribution < -0.4 is 29.6 Å². The van der Waals surface area contributed by atoms with Gasteiger partial charge in [0.1, 0.15) is 0 Å². The Labute approximate surface area is 118 Å². The SMILES string of the molecule is O=P(O)(O)O.OCCN(CCO)CCO.[H-].[Na+]. The van der Waals surface area contributed by atoms with E-state index in [0.717, 1.165) is 0 Å². The molecule has 0 aliphatic heterocycles. The number of hydrogen-bond acceptors (Lipinski definition) is 5. The summed E-state index contributed by atoms with van der Waals surface area (Å²) in [4.78, 5) is 23.4. The predicted molar refractivity (Wildman–Crippen MR) is 53.1 cm³/mol. The first-order valence-corrected chi connectivity index (χ1v) is 5.75. The zero-order valence-electron chi connectivity index (χ0n) is 10.2. The Bertz CT molecular complexity index is 161. The fraction of sp³-hybridized carbons (Fsp3) is 1.00. The molecule has 0 aromatic carbocycles. The van der Waals surface area contributed by atoms with Crippen LogP contribution in [0.3, 0.4) is 0 Å². The molecule has 0 heterocycles. The minimum absolute atomic E-state index is 0. The molecule has 0 saturated heterocycles. The van der Waals surface area contributed by atoms with Crippen LogP contribution >= 0.6 is 7.82 Å². The van der Waals surface area contributed by atoms with Crippen molar-refractivity contribution in [2.24, 2.45) is 0 Å². The maximum Gasteiger partial charge on any atom is 1.00 e. The van der Waals surface area contributed by atoms with Crippen molar-refractivity contribution < 1.29 is 65.5 Å². The number of aliphatic hydroxyl groups is 3. The van der Waals surface area contributed by atoms with Gasteiger partial charge in [0, 0.05) is 19.6 Å². The van der Waals surface area contributed by atoms with Gasteiger partial charge in [0.25, 0.3) is 0 Å². The molecule has 0 atom stereocenters. The summed E-state index contributed by atoms with van der Waals surface area (Å²) in [5.74, 6) is 0. The Morgan fingerprint density at radius 2 is 1.06 bits per heavy atom. The molecule has 0 aromatic rings. The molecular weight excluding hydrogens is 252 g/mol. The van der Waals surface area contributed by atoms with Gasteiger partial charge < -0.3 is 31.4 Å². The summed E-state index contributed by atoms with van der Waals surface area (Å²) in [6.07, 6.45) is 0. The average molecular weight is 271 g/mol. The van der Waals surface area contributed by atoms with E-state index >= 15 is 0 Å². The summed E-state index contributed by atoms with van der Waals surface area (Å²) < 4.78 is 8.88. The van der Waals surface area contributed by atoms with Crippen molar-refractivity contribution in [1.29, 1.82) is 0 Å². The quantitative estimate of drug-likeness (QED) is 0.207. The van der Waals surface area contributed by atoms with Crippen molar-refractivity contribution >= 4 is 7.82 Å². The van der Waals surface area contributed by atoms with Crippen molar-refractivity contribution in [3.8, 4) is 0 Å². The molecule has 0 unspecified atom stereocenters. The van der Waals surface area contributed by atoms with Crippen LogP contribution in [0.25, 0.3) is 0 Å². The van der Waals surface area contributed by atoms with Crippen LogP contribution in [0.5, 0.6) is 0 Å². The average Bonchev–Trinajstić information content (AvgIpc) is 2.02. The van der Waals surface area contributed by atoms with Gasteiger partial charge in [-0.05, 0) is 0 Å². The van der Waals surface area contributed by atoms with Crippen LogP contribution in [-0.2, 0) is 4.57 Å². The number of phosphoric acid groups is 1. The molecule has 0 spiro atoms. The van der Waals surface area contributed by atoms with Gasteiger partial charge in [-0.2, -0.15) is 0 Å². The van der Waals surface area contributed by atoms with E-state index in [1.807, 2.05) is 0 Å². The maximum absolute atomic E-state index is 8.88. The molecule has 10 heteroatoms. The van der Waals surface area contributed by atoms with Gasteiger partial charge in [-0.1, -0.05) is 0 Å². The first kappa shape index (κ1) is 22.2. The zero-order chi connectivity index (χ0) is 12.3. The number of rotatable bonds is 6. The molecule has 0 radical (unpaired) electrons. The number of hydrogen-bond donors (Lipinski definition) is 6. The van der Waals surface area contributed by atoms with Gasteiger partial charge in [-0.25, -0.2) is 4.57 Å². The Kier molecular flexibility index (Phi) is 19.4. The molecule has 0 bridgehead atoms. The first-order valence-electron chi connectivity index (χ1n) is 4.18. The van der Waals surface area contributed by atoms with Crippen LogP contribution in [0, 0.1) is 0 Å². The van der Waals surface area contributed by atoms with E-state index in [1.54, 1.807) is 4.90 Å². The Morgan fingerprint density at radius 3 is 1.19 bits per heavy atom. The third-order valence-electron chi connectivity index (χ3n) is 1.25. The molecule has 0 amide bonds. The smallest absolute Gasteiger partial charge is 1.00 e. The van der Waals surface area contributed by atoms with Crippen LogP contribution in [0.1, 0.15) is 1.43 Å². The minimum atomic E-state index is -4.64. The third kappa shape index (κ3) is 29.4. The zero-order valence-corrected chi connectivity index (χ0v) is 12.1. The van der Waals surface area contributed by atoms with Crippen LogP contribution in [0.15, 0.2) is 0 Å². The molecule has 0 aliphatic rings. The summed E-state index contributed by atoms with van der Waals surface area (Å²) in [5, 5.41) is 25.5. The van der Waals surface area contributed by atoms with Gasteiger partial charge in [-0.3, -0.25) is 4.90 Å². The van der Waals surface area contributed by atoms with E-state index in [4.69, 9.17) is 34.6 Å². The molecule has 96 valence electrons. The molecule has 16 heavy (non-hydrogen) atoms. The second-order valence-corrected chi connectivity index (χ2v) is 3.55. The molecule has 6 N–H and O–H groups in total. The van der Waals surface area contributed by atoms with Crippen molar-refractivity contribution in [3.05, 3.63) is 0 Å². The van der Waals surface area contributed by atoms with Gasteiger partial charge in [0.15, 0.2) is 0 Å². The molecular formula is C6H19NNaO7P. The van der Waals surface area contributed by atoms with E-state index in [9.17, 15) is 0 Å². The molecule has 0 aliphatic carbocycles. The molecule has 0 aromatic heterocycles. The van der Waals surface area contributed by atoms with Crippen LogP contribution in [-0.4, -0.2) is 74.4 Å². The summed E-state index contributed by atoms with van der Waals surface area (Å²) in [5.41, 5.74) is 0. The van der Waals surface area contributed by atoms with Gasteiger partial charge in [0.2, 0.25) is 0 Å². The monoisotopic (exact) mass is 271 g/mol. The van der Waals surface area contributed by atoms with E-state index in [1.165, 1.54) is 0 Å². The number of nitrogens with zero attached hydrogens (tertiary/aromatic N) is 1. The van der Waals surface area contributed by atoms with E-state index in [2.05, 4.69) is 0 Å². The summed E-state index contributed by atoms with van der Waals surface area (Å²) in [6.45, 7) is 1.75. The van der Waals surface area contributed by atoms with Crippen molar-refractivity contribution in [2.75, 3.05) is 39.5 Å². The molecule has 8 nitrogen and oxygen atoms in total. The summed E-state index contributed by atoms with van der Waals surface area (Å²) >= 11 is 0. The minimum Gasteiger partial charge on any atom is -1.00 e. The fourth-order valence-corrected chi connectivity index (χ4v) is 0.760. The second-order valence-electron chi connectivity index (χ2n) is 2.53. The Hall–Kier alpha value is 0.950. The third-order valence-corrected chi connectivity index (χ3v) is 1.25. The van der Waals surface area contributed by atoms with E-state index in [0.29, 0.717) is 19.6 Å². The van der Waals surface area contributed by atoms with Crippen molar-refractivity contribution in [2.45, 2.75) is 0 Å². The second kappa shape index (κ2) is 14.0. The standard InChI is InChI=1S/C6H15NO3.Na.H3O4P.H/c8-4-1-7(2-5-9)3-6-10;;1-5(2,3)4;/h8-10H,1-6H2;;(H3,1,2,3,4);/q;+1;;-1. The largest absolute Gasteiger partial charge is 1.00 e. The normalized spacial score (nSPS) is 10.4. The predicted octanol–water partition coefficient (Wildman–Crippen LogP) is -5.55. The maximum atomic E-state index is 8.88. The van der Waals surface area contributed by atoms with Crippen molar-refractivity contribution in [1.82, 2.24) is 4.90 Å². The summed E-state index contributed by atoms with van der Waals surface area (Å²) in [7, 11) is -4.64. The van der Waals surface area contributed by atoms with Gasteiger partial charge in [-0.15, -0.1) is 0 Å². The Morgan fingerprint density at radius 1 is 0.875 bits per heavy atom. The molecule has 0 rings (SSSR count). The summed E-state index contributed by atoms with van der Waals surface area (Å²) in [6, 6.07) is 0. The van der Waals surface area contributed by atoms with Gasteiger partial charge >= 0.3 is 37.4 Å². The molecule has 0 fully saturated rings. The first-order chi connectivity index (χ1) is 6.85. The van der Waals surface area contributed by atoms with E-state index in [-0.39, 0.29) is 50.8 Å².